The normalized spacial score (nSPS) is 10.7. The molecule has 0 atom stereocenters. The number of anilines is 1. The van der Waals surface area contributed by atoms with E-state index in [1.165, 1.54) is 4.68 Å². The average Bonchev–Trinajstić information content (AvgIpc) is 2.66. The molecular weight excluding hydrogens is 204 g/mol. The Balaban J connectivity index is 2.42. The highest BCUT2D eigenvalue weighted by Crippen LogP contribution is 2.09. The summed E-state index contributed by atoms with van der Waals surface area (Å²) in [6.45, 7) is 5.41. The first kappa shape index (κ1) is 12.5. The van der Waals surface area contributed by atoms with Gasteiger partial charge in [-0.2, -0.15) is 5.10 Å². The predicted molar refractivity (Wildman–Crippen MR) is 64.0 cm³/mol. The quantitative estimate of drug-likeness (QED) is 0.731. The molecular formula is C11H20N4O. The number of hydrogen-bond acceptors (Lipinski definition) is 3. The van der Waals surface area contributed by atoms with Crippen LogP contribution >= 0.6 is 0 Å². The van der Waals surface area contributed by atoms with Crippen LogP contribution in [0.2, 0.25) is 0 Å². The molecule has 1 aromatic heterocycles. The molecule has 1 amide bonds. The standard InChI is InChI=1S/C11H20N4O/c1-3-9(4-2)7-13-11-5-6-15(14-11)8-10(12)16/h5-6,9H,3-4,7-8H2,1-2H3,(H2,12,16)(H,13,14). The number of carbonyl (C=O) groups is 1. The van der Waals surface area contributed by atoms with Crippen molar-refractivity contribution < 1.29 is 4.79 Å². The Hall–Kier alpha value is -1.52. The summed E-state index contributed by atoms with van der Waals surface area (Å²) in [6.07, 6.45) is 4.07. The second-order valence-corrected chi connectivity index (χ2v) is 3.93. The number of amides is 1. The molecule has 0 radical (unpaired) electrons. The van der Waals surface area contributed by atoms with Crippen LogP contribution in [-0.2, 0) is 11.3 Å². The summed E-state index contributed by atoms with van der Waals surface area (Å²) in [5, 5.41) is 7.45. The van der Waals surface area contributed by atoms with Gasteiger partial charge in [0.2, 0.25) is 5.91 Å². The minimum absolute atomic E-state index is 0.132. The fraction of sp³-hybridized carbons (Fsp3) is 0.636. The molecule has 16 heavy (non-hydrogen) atoms. The second kappa shape index (κ2) is 6.15. The van der Waals surface area contributed by atoms with E-state index in [0.717, 1.165) is 25.2 Å². The van der Waals surface area contributed by atoms with Crippen molar-refractivity contribution in [1.29, 1.82) is 0 Å². The van der Waals surface area contributed by atoms with E-state index in [9.17, 15) is 4.79 Å². The average molecular weight is 224 g/mol. The minimum Gasteiger partial charge on any atom is -0.368 e. The molecule has 0 bridgehead atoms. The number of hydrogen-bond donors (Lipinski definition) is 2. The van der Waals surface area contributed by atoms with E-state index in [1.54, 1.807) is 6.20 Å². The van der Waals surface area contributed by atoms with Gasteiger partial charge in [-0.1, -0.05) is 26.7 Å². The second-order valence-electron chi connectivity index (χ2n) is 3.93. The van der Waals surface area contributed by atoms with Crippen LogP contribution in [-0.4, -0.2) is 22.2 Å². The largest absolute Gasteiger partial charge is 0.368 e. The highest BCUT2D eigenvalue weighted by molar-refractivity contribution is 5.73. The van der Waals surface area contributed by atoms with Crippen LogP contribution < -0.4 is 11.1 Å². The van der Waals surface area contributed by atoms with E-state index in [1.807, 2.05) is 6.07 Å². The van der Waals surface area contributed by atoms with Gasteiger partial charge in [-0.05, 0) is 5.92 Å². The van der Waals surface area contributed by atoms with E-state index in [-0.39, 0.29) is 12.5 Å². The zero-order valence-corrected chi connectivity index (χ0v) is 9.94. The molecule has 1 heterocycles. The molecule has 0 aliphatic heterocycles. The SMILES string of the molecule is CCC(CC)CNc1ccn(CC(N)=O)n1. The number of nitrogens with two attached hydrogens (primary N) is 1. The first-order chi connectivity index (χ1) is 7.65. The van der Waals surface area contributed by atoms with Crippen molar-refractivity contribution in [2.24, 2.45) is 11.7 Å². The van der Waals surface area contributed by atoms with E-state index < -0.39 is 0 Å². The smallest absolute Gasteiger partial charge is 0.239 e. The molecule has 0 unspecified atom stereocenters. The molecule has 0 fully saturated rings. The Morgan fingerprint density at radius 1 is 1.56 bits per heavy atom. The Labute approximate surface area is 96.0 Å². The third kappa shape index (κ3) is 3.92. The predicted octanol–water partition coefficient (Wildman–Crippen LogP) is 1.22. The lowest BCUT2D eigenvalue weighted by Crippen LogP contribution is -2.19. The van der Waals surface area contributed by atoms with Crippen LogP contribution in [0.1, 0.15) is 26.7 Å². The summed E-state index contributed by atoms with van der Waals surface area (Å²) in [5.74, 6) is 1.09. The van der Waals surface area contributed by atoms with Gasteiger partial charge in [-0.3, -0.25) is 9.48 Å². The summed E-state index contributed by atoms with van der Waals surface area (Å²) >= 11 is 0. The maximum atomic E-state index is 10.7. The number of nitrogens with one attached hydrogen (secondary N) is 1. The summed E-state index contributed by atoms with van der Waals surface area (Å²) < 4.78 is 1.54. The van der Waals surface area contributed by atoms with E-state index in [0.29, 0.717) is 5.92 Å². The van der Waals surface area contributed by atoms with Gasteiger partial charge >= 0.3 is 0 Å². The molecule has 0 aliphatic rings. The lowest BCUT2D eigenvalue weighted by Gasteiger charge is -2.12. The van der Waals surface area contributed by atoms with Crippen molar-refractivity contribution in [3.63, 3.8) is 0 Å². The molecule has 0 aromatic carbocycles. The van der Waals surface area contributed by atoms with Gasteiger partial charge in [0.05, 0.1) is 0 Å². The van der Waals surface area contributed by atoms with Crippen LogP contribution in [0.25, 0.3) is 0 Å². The molecule has 0 aliphatic carbocycles. The van der Waals surface area contributed by atoms with Gasteiger partial charge in [0.25, 0.3) is 0 Å². The highest BCUT2D eigenvalue weighted by atomic mass is 16.1. The molecule has 5 nitrogen and oxygen atoms in total. The van der Waals surface area contributed by atoms with E-state index in [2.05, 4.69) is 24.3 Å². The van der Waals surface area contributed by atoms with Crippen molar-refractivity contribution in [2.45, 2.75) is 33.2 Å². The van der Waals surface area contributed by atoms with Gasteiger partial charge in [-0.25, -0.2) is 0 Å². The third-order valence-corrected chi connectivity index (χ3v) is 2.69. The van der Waals surface area contributed by atoms with Crippen LogP contribution in [0, 0.1) is 5.92 Å². The maximum absolute atomic E-state index is 10.7. The number of carbonyl (C=O) groups excluding carboxylic acids is 1. The Morgan fingerprint density at radius 2 is 2.25 bits per heavy atom. The van der Waals surface area contributed by atoms with E-state index in [4.69, 9.17) is 5.73 Å². The van der Waals surface area contributed by atoms with E-state index >= 15 is 0 Å². The molecule has 0 saturated heterocycles. The Bertz CT molecular complexity index is 330. The number of rotatable bonds is 7. The van der Waals surface area contributed by atoms with Gasteiger partial charge in [0.15, 0.2) is 0 Å². The highest BCUT2D eigenvalue weighted by Gasteiger charge is 2.05. The summed E-state index contributed by atoms with van der Waals surface area (Å²) in [4.78, 5) is 10.7. The van der Waals surface area contributed by atoms with Crippen LogP contribution in [0.3, 0.4) is 0 Å². The van der Waals surface area contributed by atoms with Crippen molar-refractivity contribution >= 4 is 11.7 Å². The number of primary amides is 1. The lowest BCUT2D eigenvalue weighted by atomic mass is 10.0. The molecule has 5 heteroatoms. The molecule has 0 spiro atoms. The summed E-state index contributed by atoms with van der Waals surface area (Å²) in [5.41, 5.74) is 5.08. The third-order valence-electron chi connectivity index (χ3n) is 2.69. The number of nitrogens with zero attached hydrogens (tertiary/aromatic N) is 2. The fourth-order valence-electron chi connectivity index (χ4n) is 1.53. The molecule has 0 saturated carbocycles. The maximum Gasteiger partial charge on any atom is 0.239 e. The molecule has 1 aromatic rings. The van der Waals surface area contributed by atoms with Gasteiger partial charge < -0.3 is 11.1 Å². The van der Waals surface area contributed by atoms with Crippen LogP contribution in [0.15, 0.2) is 12.3 Å². The van der Waals surface area contributed by atoms with Crippen molar-refractivity contribution in [2.75, 3.05) is 11.9 Å². The van der Waals surface area contributed by atoms with Crippen LogP contribution in [0.4, 0.5) is 5.82 Å². The molecule has 90 valence electrons. The van der Waals surface area contributed by atoms with Gasteiger partial charge in [0, 0.05) is 18.8 Å². The topological polar surface area (TPSA) is 72.9 Å². The molecule has 1 rings (SSSR count). The Kier molecular flexibility index (Phi) is 4.82. The van der Waals surface area contributed by atoms with Crippen molar-refractivity contribution in [3.8, 4) is 0 Å². The summed E-state index contributed by atoms with van der Waals surface area (Å²) in [6, 6.07) is 1.85. The van der Waals surface area contributed by atoms with Crippen LogP contribution in [0.5, 0.6) is 0 Å². The minimum atomic E-state index is -0.380. The van der Waals surface area contributed by atoms with Crippen molar-refractivity contribution in [3.05, 3.63) is 12.3 Å². The van der Waals surface area contributed by atoms with Crippen molar-refractivity contribution in [1.82, 2.24) is 9.78 Å². The Morgan fingerprint density at radius 3 is 2.81 bits per heavy atom. The monoisotopic (exact) mass is 224 g/mol. The fourth-order valence-corrected chi connectivity index (χ4v) is 1.53. The number of aromatic nitrogens is 2. The first-order valence-electron chi connectivity index (χ1n) is 5.71. The molecule has 3 N–H and O–H groups in total. The first-order valence-corrected chi connectivity index (χ1v) is 5.71. The zero-order chi connectivity index (χ0) is 12.0. The van der Waals surface area contributed by atoms with Gasteiger partial charge in [0.1, 0.15) is 12.4 Å². The zero-order valence-electron chi connectivity index (χ0n) is 9.94. The summed E-state index contributed by atoms with van der Waals surface area (Å²) in [7, 11) is 0. The lowest BCUT2D eigenvalue weighted by molar-refractivity contribution is -0.118. The van der Waals surface area contributed by atoms with Gasteiger partial charge in [-0.15, -0.1) is 0 Å².